The minimum Gasteiger partial charge on any atom is -0.463 e. The molecule has 4 N–H and O–H groups in total. The van der Waals surface area contributed by atoms with Crippen LogP contribution in [0.25, 0.3) is 0 Å². The Balaban J connectivity index is 1.48. The number of nitrogen functional groups attached to an aromatic ring is 1. The van der Waals surface area contributed by atoms with Crippen molar-refractivity contribution in [3.63, 3.8) is 0 Å². The summed E-state index contributed by atoms with van der Waals surface area (Å²) in [4.78, 5) is 25.0. The third-order valence-corrected chi connectivity index (χ3v) is 6.13. The number of carbonyl (C=O) groups excluding carboxylic acids is 1. The fourth-order valence-corrected chi connectivity index (χ4v) is 4.43. The molecule has 2 aromatic rings. The van der Waals surface area contributed by atoms with Crippen LogP contribution in [0, 0.1) is 5.92 Å². The number of hydrogen-bond acceptors (Lipinski definition) is 7. The first-order valence-electron chi connectivity index (χ1n) is 10.8. The predicted molar refractivity (Wildman–Crippen MR) is 119 cm³/mol. The van der Waals surface area contributed by atoms with E-state index in [2.05, 4.69) is 39.6 Å². The van der Waals surface area contributed by atoms with Crippen LogP contribution < -0.4 is 15.8 Å². The van der Waals surface area contributed by atoms with E-state index in [0.717, 1.165) is 37.0 Å². The van der Waals surface area contributed by atoms with E-state index in [9.17, 15) is 4.79 Å². The minimum absolute atomic E-state index is 0.0221. The molecule has 1 aromatic heterocycles. The molecule has 0 unspecified atom stereocenters. The monoisotopic (exact) mass is 423 g/mol. The molecular formula is C23H29N5O3. The maximum absolute atomic E-state index is 12.1. The van der Waals surface area contributed by atoms with Gasteiger partial charge in [-0.1, -0.05) is 24.3 Å². The molecule has 1 fully saturated rings. The average Bonchev–Trinajstić information content (AvgIpc) is 2.77. The number of aliphatic hydroxyl groups is 1. The zero-order valence-corrected chi connectivity index (χ0v) is 18.0. The highest BCUT2D eigenvalue weighted by Crippen LogP contribution is 2.40. The first-order valence-corrected chi connectivity index (χ1v) is 10.8. The molecule has 2 heterocycles. The quantitative estimate of drug-likeness (QED) is 0.680. The van der Waals surface area contributed by atoms with Gasteiger partial charge in [0.25, 0.3) is 0 Å². The zero-order chi connectivity index (χ0) is 22.0. The van der Waals surface area contributed by atoms with E-state index in [4.69, 9.17) is 20.6 Å². The molecule has 1 aliphatic heterocycles. The van der Waals surface area contributed by atoms with Crippen LogP contribution in [-0.4, -0.2) is 45.4 Å². The molecular weight excluding hydrogens is 394 g/mol. The summed E-state index contributed by atoms with van der Waals surface area (Å²) in [5, 5.41) is 11.7. The molecule has 0 saturated heterocycles. The van der Waals surface area contributed by atoms with Gasteiger partial charge in [-0.3, -0.25) is 4.79 Å². The highest BCUT2D eigenvalue weighted by Gasteiger charge is 2.35. The van der Waals surface area contributed by atoms with Crippen molar-refractivity contribution in [3.8, 4) is 5.88 Å². The first-order chi connectivity index (χ1) is 14.9. The van der Waals surface area contributed by atoms with Crippen LogP contribution in [0.15, 0.2) is 35.6 Å². The van der Waals surface area contributed by atoms with Gasteiger partial charge in [-0.25, -0.2) is 9.98 Å². The van der Waals surface area contributed by atoms with E-state index in [-0.39, 0.29) is 18.4 Å². The van der Waals surface area contributed by atoms with Crippen molar-refractivity contribution < 1.29 is 14.6 Å². The second kappa shape index (κ2) is 8.63. The molecule has 1 aliphatic carbocycles. The molecule has 4 rings (SSSR count). The Bertz CT molecular complexity index is 979. The number of aliphatic imine (C=N–C) groups is 1. The summed E-state index contributed by atoms with van der Waals surface area (Å²) in [7, 11) is 0. The van der Waals surface area contributed by atoms with Crippen LogP contribution in [0.5, 0.6) is 5.88 Å². The summed E-state index contributed by atoms with van der Waals surface area (Å²) in [6.45, 7) is 4.23. The predicted octanol–water partition coefficient (Wildman–Crippen LogP) is 2.73. The van der Waals surface area contributed by atoms with Crippen LogP contribution in [-0.2, 0) is 4.79 Å². The number of nitrogens with two attached hydrogens (primary N) is 1. The van der Waals surface area contributed by atoms with Crippen molar-refractivity contribution >= 4 is 23.1 Å². The normalized spacial score (nSPS) is 22.1. The molecule has 0 radical (unpaired) electrons. The maximum atomic E-state index is 12.1. The van der Waals surface area contributed by atoms with Gasteiger partial charge in [-0.05, 0) is 51.0 Å². The number of rotatable bonds is 5. The Morgan fingerprint density at radius 2 is 1.90 bits per heavy atom. The van der Waals surface area contributed by atoms with Crippen molar-refractivity contribution in [2.45, 2.75) is 51.0 Å². The molecule has 8 heteroatoms. The summed E-state index contributed by atoms with van der Waals surface area (Å²) in [5.41, 5.74) is 8.84. The molecule has 1 amide bonds. The lowest BCUT2D eigenvalue weighted by atomic mass is 9.78. The van der Waals surface area contributed by atoms with Crippen molar-refractivity contribution in [1.29, 1.82) is 0 Å². The van der Waals surface area contributed by atoms with Gasteiger partial charge in [-0.2, -0.15) is 4.98 Å². The Hall–Kier alpha value is -3.00. The standard InChI is InChI=1S/C23H29N5O3/c1-23(2)19(28-18-20(24)26-13-27-22(18)31-23)16-7-3-14(4-8-16)15-5-9-17(10-6-15)21(30)25-11-12-29/h3-4,7-8,13,15,17,29H,5-6,9-12H2,1-2H3,(H,25,30)(H2,24,26,27). The fraction of sp³-hybridized carbons (Fsp3) is 0.478. The average molecular weight is 424 g/mol. The van der Waals surface area contributed by atoms with Gasteiger partial charge in [0.2, 0.25) is 11.8 Å². The number of aromatic nitrogens is 2. The lowest BCUT2D eigenvalue weighted by molar-refractivity contribution is -0.126. The highest BCUT2D eigenvalue weighted by molar-refractivity contribution is 6.09. The second-order valence-electron chi connectivity index (χ2n) is 8.67. The Morgan fingerprint density at radius 1 is 1.19 bits per heavy atom. The summed E-state index contributed by atoms with van der Waals surface area (Å²) in [5.74, 6) is 1.25. The Labute approximate surface area is 182 Å². The highest BCUT2D eigenvalue weighted by atomic mass is 16.5. The van der Waals surface area contributed by atoms with Gasteiger partial charge in [0, 0.05) is 18.0 Å². The third kappa shape index (κ3) is 4.39. The van der Waals surface area contributed by atoms with E-state index >= 15 is 0 Å². The van der Waals surface area contributed by atoms with E-state index in [1.807, 2.05) is 13.8 Å². The van der Waals surface area contributed by atoms with Gasteiger partial charge >= 0.3 is 0 Å². The fourth-order valence-electron chi connectivity index (χ4n) is 4.43. The number of amides is 1. The van der Waals surface area contributed by atoms with E-state index in [0.29, 0.717) is 29.8 Å². The second-order valence-corrected chi connectivity index (χ2v) is 8.67. The molecule has 0 bridgehead atoms. The number of fused-ring (bicyclic) bond motifs is 1. The van der Waals surface area contributed by atoms with Crippen LogP contribution in [0.4, 0.5) is 11.5 Å². The number of nitrogens with zero attached hydrogens (tertiary/aromatic N) is 3. The summed E-state index contributed by atoms with van der Waals surface area (Å²) >= 11 is 0. The summed E-state index contributed by atoms with van der Waals surface area (Å²) in [6, 6.07) is 8.44. The molecule has 164 valence electrons. The molecule has 1 saturated carbocycles. The number of benzene rings is 1. The van der Waals surface area contributed by atoms with Crippen LogP contribution in [0.3, 0.4) is 0 Å². The van der Waals surface area contributed by atoms with Crippen LogP contribution in [0.1, 0.15) is 56.6 Å². The van der Waals surface area contributed by atoms with E-state index < -0.39 is 5.60 Å². The van der Waals surface area contributed by atoms with Gasteiger partial charge in [0.15, 0.2) is 11.5 Å². The topological polar surface area (TPSA) is 123 Å². The molecule has 0 atom stereocenters. The third-order valence-electron chi connectivity index (χ3n) is 6.13. The Kier molecular flexibility index (Phi) is 5.91. The van der Waals surface area contributed by atoms with Crippen LogP contribution in [0.2, 0.25) is 0 Å². The SMILES string of the molecule is CC1(C)Oc2ncnc(N)c2N=C1c1ccc(C2CCC(C(=O)NCCO)CC2)cc1. The molecule has 1 aromatic carbocycles. The first kappa shape index (κ1) is 21.2. The number of hydrogen-bond donors (Lipinski definition) is 3. The smallest absolute Gasteiger partial charge is 0.246 e. The Morgan fingerprint density at radius 3 is 2.58 bits per heavy atom. The van der Waals surface area contributed by atoms with E-state index in [1.54, 1.807) is 0 Å². The zero-order valence-electron chi connectivity index (χ0n) is 18.0. The van der Waals surface area contributed by atoms with Crippen LogP contribution >= 0.6 is 0 Å². The summed E-state index contributed by atoms with van der Waals surface area (Å²) in [6.07, 6.45) is 5.08. The number of carbonyl (C=O) groups is 1. The molecule has 8 nitrogen and oxygen atoms in total. The van der Waals surface area contributed by atoms with Crippen molar-refractivity contribution in [1.82, 2.24) is 15.3 Å². The van der Waals surface area contributed by atoms with Crippen molar-refractivity contribution in [2.75, 3.05) is 18.9 Å². The number of anilines is 1. The number of nitrogens with one attached hydrogen (secondary N) is 1. The minimum atomic E-state index is -0.644. The summed E-state index contributed by atoms with van der Waals surface area (Å²) < 4.78 is 6.06. The maximum Gasteiger partial charge on any atom is 0.246 e. The molecule has 31 heavy (non-hydrogen) atoms. The number of ether oxygens (including phenoxy) is 1. The van der Waals surface area contributed by atoms with Gasteiger partial charge in [0.1, 0.15) is 11.9 Å². The number of aliphatic hydroxyl groups excluding tert-OH is 1. The molecule has 2 aliphatic rings. The lowest BCUT2D eigenvalue weighted by Crippen LogP contribution is -2.41. The van der Waals surface area contributed by atoms with Gasteiger partial charge in [-0.15, -0.1) is 0 Å². The molecule has 0 spiro atoms. The lowest BCUT2D eigenvalue weighted by Gasteiger charge is -2.32. The van der Waals surface area contributed by atoms with Gasteiger partial charge in [0.05, 0.1) is 12.3 Å². The van der Waals surface area contributed by atoms with Crippen molar-refractivity contribution in [3.05, 3.63) is 41.7 Å². The van der Waals surface area contributed by atoms with Gasteiger partial charge < -0.3 is 20.9 Å². The van der Waals surface area contributed by atoms with E-state index in [1.165, 1.54) is 11.9 Å². The van der Waals surface area contributed by atoms with Crippen molar-refractivity contribution in [2.24, 2.45) is 10.9 Å². The largest absolute Gasteiger partial charge is 0.463 e.